The first-order chi connectivity index (χ1) is 12.4. The highest BCUT2D eigenvalue weighted by Gasteiger charge is 2.15. The zero-order valence-corrected chi connectivity index (χ0v) is 15.8. The molecule has 0 unspecified atom stereocenters. The Bertz CT molecular complexity index is 1020. The van der Waals surface area contributed by atoms with E-state index in [9.17, 15) is 13.2 Å². The molecule has 6 nitrogen and oxygen atoms in total. The van der Waals surface area contributed by atoms with Crippen LogP contribution in [0.5, 0.6) is 0 Å². The topological polar surface area (TPSA) is 88.2 Å². The normalized spacial score (nSPS) is 11.0. The van der Waals surface area contributed by atoms with Crippen LogP contribution in [-0.4, -0.2) is 19.3 Å². The number of nitrogens with one attached hydrogen (secondary N) is 2. The van der Waals surface area contributed by atoms with Gasteiger partial charge in [0.15, 0.2) is 0 Å². The van der Waals surface area contributed by atoms with Crippen molar-refractivity contribution in [3.8, 4) is 0 Å². The third-order valence-corrected chi connectivity index (χ3v) is 5.36. The summed E-state index contributed by atoms with van der Waals surface area (Å²) >= 11 is 3.27. The number of carbonyl (C=O) groups excluding carboxylic acids is 1. The molecule has 0 aliphatic heterocycles. The Morgan fingerprint density at radius 1 is 0.923 bits per heavy atom. The molecule has 0 radical (unpaired) electrons. The summed E-state index contributed by atoms with van der Waals surface area (Å²) in [5.41, 5.74) is 1.24. The van der Waals surface area contributed by atoms with Crippen molar-refractivity contribution in [2.24, 2.45) is 0 Å². The molecule has 0 spiro atoms. The number of sulfonamides is 1. The van der Waals surface area contributed by atoms with Crippen LogP contribution in [0.3, 0.4) is 0 Å². The van der Waals surface area contributed by atoms with Crippen molar-refractivity contribution in [3.05, 3.63) is 83.1 Å². The highest BCUT2D eigenvalue weighted by atomic mass is 79.9. The maximum Gasteiger partial charge on any atom is 0.261 e. The first-order valence-corrected chi connectivity index (χ1v) is 9.81. The van der Waals surface area contributed by atoms with Crippen molar-refractivity contribution in [3.63, 3.8) is 0 Å². The molecule has 1 amide bonds. The summed E-state index contributed by atoms with van der Waals surface area (Å²) in [5.74, 6) is -0.346. The highest BCUT2D eigenvalue weighted by Crippen LogP contribution is 2.20. The predicted octanol–water partition coefficient (Wildman–Crippen LogP) is 3.90. The maximum atomic E-state index is 12.5. The summed E-state index contributed by atoms with van der Waals surface area (Å²) in [5, 5.41) is 2.72. The number of halogens is 1. The summed E-state index contributed by atoms with van der Waals surface area (Å²) in [4.78, 5) is 16.3. The van der Waals surface area contributed by atoms with Crippen molar-refractivity contribution >= 4 is 43.2 Å². The molecule has 26 heavy (non-hydrogen) atoms. The lowest BCUT2D eigenvalue weighted by molar-refractivity contribution is 0.102. The van der Waals surface area contributed by atoms with Gasteiger partial charge in [-0.2, -0.15) is 0 Å². The van der Waals surface area contributed by atoms with Crippen molar-refractivity contribution in [2.45, 2.75) is 4.90 Å². The average molecular weight is 432 g/mol. The molecule has 0 fully saturated rings. The second kappa shape index (κ2) is 7.67. The van der Waals surface area contributed by atoms with E-state index >= 15 is 0 Å². The number of rotatable bonds is 5. The van der Waals surface area contributed by atoms with Crippen LogP contribution in [0.25, 0.3) is 0 Å². The van der Waals surface area contributed by atoms with Gasteiger partial charge >= 0.3 is 0 Å². The van der Waals surface area contributed by atoms with Gasteiger partial charge in [-0.05, 0) is 54.6 Å². The Morgan fingerprint density at radius 3 is 2.31 bits per heavy atom. The molecule has 1 aromatic heterocycles. The third kappa shape index (κ3) is 4.47. The average Bonchev–Trinajstić information content (AvgIpc) is 2.63. The van der Waals surface area contributed by atoms with Crippen LogP contribution in [0.4, 0.5) is 11.4 Å². The van der Waals surface area contributed by atoms with E-state index in [0.29, 0.717) is 16.9 Å². The third-order valence-electron chi connectivity index (χ3n) is 3.44. The summed E-state index contributed by atoms with van der Waals surface area (Å²) in [6, 6.07) is 15.9. The number of benzene rings is 2. The van der Waals surface area contributed by atoms with Crippen molar-refractivity contribution in [1.82, 2.24) is 4.98 Å². The number of hydrogen-bond donors (Lipinski definition) is 2. The molecule has 0 atom stereocenters. The highest BCUT2D eigenvalue weighted by molar-refractivity contribution is 9.10. The fraction of sp³-hybridized carbons (Fsp3) is 0. The number of pyridine rings is 1. The van der Waals surface area contributed by atoms with Gasteiger partial charge in [0, 0.05) is 33.8 Å². The first kappa shape index (κ1) is 18.1. The van der Waals surface area contributed by atoms with Gasteiger partial charge in [0.05, 0.1) is 4.90 Å². The van der Waals surface area contributed by atoms with E-state index < -0.39 is 10.0 Å². The van der Waals surface area contributed by atoms with E-state index in [4.69, 9.17) is 0 Å². The van der Waals surface area contributed by atoms with Crippen LogP contribution in [0.15, 0.2) is 82.4 Å². The molecular weight excluding hydrogens is 418 g/mol. The van der Waals surface area contributed by atoms with Crippen LogP contribution in [0.1, 0.15) is 10.4 Å². The number of amides is 1. The minimum absolute atomic E-state index is 0.132. The molecule has 0 aliphatic rings. The Balaban J connectivity index is 1.78. The van der Waals surface area contributed by atoms with Crippen LogP contribution >= 0.6 is 15.9 Å². The van der Waals surface area contributed by atoms with Gasteiger partial charge in [0.25, 0.3) is 15.9 Å². The number of nitrogens with zero attached hydrogens (tertiary/aromatic N) is 1. The Morgan fingerprint density at radius 2 is 1.62 bits per heavy atom. The van der Waals surface area contributed by atoms with Crippen LogP contribution in [0, 0.1) is 0 Å². The summed E-state index contributed by atoms with van der Waals surface area (Å²) in [7, 11) is -3.74. The van der Waals surface area contributed by atoms with Gasteiger partial charge in [-0.3, -0.25) is 14.5 Å². The van der Waals surface area contributed by atoms with Crippen molar-refractivity contribution in [2.75, 3.05) is 10.0 Å². The van der Waals surface area contributed by atoms with Gasteiger partial charge in [-0.15, -0.1) is 0 Å². The Hall–Kier alpha value is -2.71. The molecule has 2 N–H and O–H groups in total. The smallest absolute Gasteiger partial charge is 0.261 e. The molecule has 0 saturated heterocycles. The van der Waals surface area contributed by atoms with E-state index in [1.165, 1.54) is 18.2 Å². The van der Waals surface area contributed by atoms with E-state index in [2.05, 4.69) is 31.0 Å². The number of anilines is 2. The number of carbonyl (C=O) groups is 1. The molecule has 0 saturated carbocycles. The summed E-state index contributed by atoms with van der Waals surface area (Å²) < 4.78 is 28.2. The van der Waals surface area contributed by atoms with Gasteiger partial charge in [0.1, 0.15) is 0 Å². The second-order valence-corrected chi connectivity index (χ2v) is 7.93. The Kier molecular flexibility index (Phi) is 5.34. The molecule has 132 valence electrons. The fourth-order valence-corrected chi connectivity index (χ4v) is 3.50. The molecule has 3 rings (SSSR count). The predicted molar refractivity (Wildman–Crippen MR) is 104 cm³/mol. The fourth-order valence-electron chi connectivity index (χ4n) is 2.19. The summed E-state index contributed by atoms with van der Waals surface area (Å²) in [6.07, 6.45) is 3.14. The van der Waals surface area contributed by atoms with E-state index in [1.54, 1.807) is 54.9 Å². The van der Waals surface area contributed by atoms with Gasteiger partial charge in [-0.1, -0.05) is 22.0 Å². The van der Waals surface area contributed by atoms with Crippen molar-refractivity contribution in [1.29, 1.82) is 0 Å². The largest absolute Gasteiger partial charge is 0.322 e. The second-order valence-electron chi connectivity index (χ2n) is 5.33. The molecular formula is C18H14BrN3O3S. The SMILES string of the molecule is O=C(Nc1ccncc1)c1cccc(NS(=O)(=O)c2ccc(Br)cc2)c1. The lowest BCUT2D eigenvalue weighted by atomic mass is 10.2. The molecule has 2 aromatic carbocycles. The first-order valence-electron chi connectivity index (χ1n) is 7.54. The molecule has 3 aromatic rings. The minimum atomic E-state index is -3.74. The molecule has 0 aliphatic carbocycles. The van der Waals surface area contributed by atoms with Crippen LogP contribution in [-0.2, 0) is 10.0 Å². The summed E-state index contributed by atoms with van der Waals surface area (Å²) in [6.45, 7) is 0. The van der Waals surface area contributed by atoms with Crippen LogP contribution < -0.4 is 10.0 Å². The van der Waals surface area contributed by atoms with Crippen molar-refractivity contribution < 1.29 is 13.2 Å². The molecule has 1 heterocycles. The standard InChI is InChI=1S/C18H14BrN3O3S/c19-14-4-6-17(7-5-14)26(24,25)22-16-3-1-2-13(12-16)18(23)21-15-8-10-20-11-9-15/h1-12,22H,(H,20,21,23). The number of aromatic nitrogens is 1. The zero-order chi connectivity index (χ0) is 18.6. The van der Waals surface area contributed by atoms with Gasteiger partial charge in [-0.25, -0.2) is 8.42 Å². The van der Waals surface area contributed by atoms with Gasteiger partial charge < -0.3 is 5.32 Å². The van der Waals surface area contributed by atoms with E-state index in [-0.39, 0.29) is 10.8 Å². The van der Waals surface area contributed by atoms with Crippen LogP contribution in [0.2, 0.25) is 0 Å². The van der Waals surface area contributed by atoms with E-state index in [0.717, 1.165) is 4.47 Å². The monoisotopic (exact) mass is 431 g/mol. The Labute approximate surface area is 159 Å². The lowest BCUT2D eigenvalue weighted by Gasteiger charge is -2.10. The maximum absolute atomic E-state index is 12.5. The quantitative estimate of drug-likeness (QED) is 0.640. The minimum Gasteiger partial charge on any atom is -0.322 e. The van der Waals surface area contributed by atoms with Gasteiger partial charge in [0.2, 0.25) is 0 Å². The molecule has 8 heteroatoms. The number of hydrogen-bond acceptors (Lipinski definition) is 4. The van der Waals surface area contributed by atoms with E-state index in [1.807, 2.05) is 0 Å². The zero-order valence-electron chi connectivity index (χ0n) is 13.4. The molecule has 0 bridgehead atoms. The lowest BCUT2D eigenvalue weighted by Crippen LogP contribution is -2.15.